The summed E-state index contributed by atoms with van der Waals surface area (Å²) in [6, 6.07) is 1.43. The number of hydrogen-bond acceptors (Lipinski definition) is 4. The summed E-state index contributed by atoms with van der Waals surface area (Å²) < 4.78 is 5.49. The van der Waals surface area contributed by atoms with Crippen molar-refractivity contribution < 1.29 is 9.84 Å². The van der Waals surface area contributed by atoms with Gasteiger partial charge in [0.25, 0.3) is 0 Å². The quantitative estimate of drug-likeness (QED) is 0.682. The lowest BCUT2D eigenvalue weighted by Gasteiger charge is -2.37. The van der Waals surface area contributed by atoms with Crippen molar-refractivity contribution >= 4 is 0 Å². The summed E-state index contributed by atoms with van der Waals surface area (Å²) in [5, 5.41) is 12.9. The first-order chi connectivity index (χ1) is 7.83. The zero-order chi connectivity index (χ0) is 11.4. The maximum Gasteiger partial charge on any atom is 0.0622 e. The summed E-state index contributed by atoms with van der Waals surface area (Å²) >= 11 is 0. The average molecular weight is 228 g/mol. The second-order valence-corrected chi connectivity index (χ2v) is 4.95. The first-order valence-electron chi connectivity index (χ1n) is 6.52. The van der Waals surface area contributed by atoms with Gasteiger partial charge >= 0.3 is 0 Å². The predicted molar refractivity (Wildman–Crippen MR) is 63.5 cm³/mol. The number of nitrogens with one attached hydrogen (secondary N) is 1. The second kappa shape index (κ2) is 5.96. The van der Waals surface area contributed by atoms with Gasteiger partial charge in [0.15, 0.2) is 0 Å². The Morgan fingerprint density at radius 2 is 2.31 bits per heavy atom. The van der Waals surface area contributed by atoms with Gasteiger partial charge in [0.05, 0.1) is 19.8 Å². The van der Waals surface area contributed by atoms with Gasteiger partial charge in [-0.25, -0.2) is 0 Å². The predicted octanol–water partition coefficient (Wildman–Crippen LogP) is 0.210. The van der Waals surface area contributed by atoms with Crippen LogP contribution in [-0.2, 0) is 4.74 Å². The van der Waals surface area contributed by atoms with Crippen LogP contribution in [0.3, 0.4) is 0 Å². The Morgan fingerprint density at radius 3 is 2.94 bits per heavy atom. The van der Waals surface area contributed by atoms with Crippen molar-refractivity contribution in [1.82, 2.24) is 10.2 Å². The molecule has 4 nitrogen and oxygen atoms in total. The fourth-order valence-electron chi connectivity index (χ4n) is 2.34. The molecule has 1 saturated carbocycles. The Morgan fingerprint density at radius 1 is 1.50 bits per heavy atom. The van der Waals surface area contributed by atoms with E-state index >= 15 is 0 Å². The van der Waals surface area contributed by atoms with E-state index in [0.717, 1.165) is 32.7 Å². The highest BCUT2D eigenvalue weighted by Crippen LogP contribution is 2.20. The van der Waals surface area contributed by atoms with Crippen LogP contribution in [0.15, 0.2) is 0 Å². The van der Waals surface area contributed by atoms with Gasteiger partial charge in [-0.1, -0.05) is 6.92 Å². The van der Waals surface area contributed by atoms with Crippen LogP contribution in [-0.4, -0.2) is 61.0 Å². The molecule has 0 aromatic rings. The third-order valence-electron chi connectivity index (χ3n) is 3.54. The molecule has 4 heteroatoms. The molecule has 2 atom stereocenters. The van der Waals surface area contributed by atoms with Crippen molar-refractivity contribution in [2.45, 2.75) is 44.3 Å². The maximum absolute atomic E-state index is 9.37. The standard InChI is InChI=1S/C12H24N2O2/c1-2-12-9-16-6-5-14(12)7-11(8-15)13-10-3-4-10/h10-13,15H,2-9H2,1H3. The Balaban J connectivity index is 1.79. The third-order valence-corrected chi connectivity index (χ3v) is 3.54. The van der Waals surface area contributed by atoms with Crippen LogP contribution >= 0.6 is 0 Å². The molecule has 2 fully saturated rings. The van der Waals surface area contributed by atoms with Crippen LogP contribution in [0.1, 0.15) is 26.2 Å². The van der Waals surface area contributed by atoms with E-state index in [0.29, 0.717) is 12.1 Å². The molecule has 1 heterocycles. The van der Waals surface area contributed by atoms with Crippen molar-refractivity contribution in [3.8, 4) is 0 Å². The van der Waals surface area contributed by atoms with Crippen LogP contribution in [0, 0.1) is 0 Å². The van der Waals surface area contributed by atoms with E-state index in [1.165, 1.54) is 12.8 Å². The molecule has 2 rings (SSSR count). The molecule has 16 heavy (non-hydrogen) atoms. The zero-order valence-corrected chi connectivity index (χ0v) is 10.2. The number of hydrogen-bond donors (Lipinski definition) is 2. The Kier molecular flexibility index (Phi) is 4.58. The van der Waals surface area contributed by atoms with Crippen LogP contribution < -0.4 is 5.32 Å². The molecule has 0 spiro atoms. The number of nitrogens with zero attached hydrogens (tertiary/aromatic N) is 1. The fraction of sp³-hybridized carbons (Fsp3) is 1.00. The highest BCUT2D eigenvalue weighted by atomic mass is 16.5. The number of aliphatic hydroxyl groups excluding tert-OH is 1. The molecule has 94 valence electrons. The van der Waals surface area contributed by atoms with E-state index in [-0.39, 0.29) is 12.6 Å². The highest BCUT2D eigenvalue weighted by Gasteiger charge is 2.28. The Bertz CT molecular complexity index is 209. The molecule has 2 unspecified atom stereocenters. The molecule has 2 aliphatic rings. The SMILES string of the molecule is CCC1COCCN1CC(CO)NC1CC1. The molecular formula is C12H24N2O2. The smallest absolute Gasteiger partial charge is 0.0622 e. The minimum Gasteiger partial charge on any atom is -0.395 e. The van der Waals surface area contributed by atoms with Crippen molar-refractivity contribution in [2.24, 2.45) is 0 Å². The summed E-state index contributed by atoms with van der Waals surface area (Å²) in [5.41, 5.74) is 0. The summed E-state index contributed by atoms with van der Waals surface area (Å²) in [6.45, 7) is 6.07. The number of aliphatic hydroxyl groups is 1. The first kappa shape index (κ1) is 12.3. The largest absolute Gasteiger partial charge is 0.395 e. The van der Waals surface area contributed by atoms with Crippen molar-refractivity contribution in [3.05, 3.63) is 0 Å². The molecule has 1 aliphatic heterocycles. The van der Waals surface area contributed by atoms with Gasteiger partial charge in [0.2, 0.25) is 0 Å². The van der Waals surface area contributed by atoms with Gasteiger partial charge in [0.1, 0.15) is 0 Å². The van der Waals surface area contributed by atoms with Gasteiger partial charge in [-0.2, -0.15) is 0 Å². The van der Waals surface area contributed by atoms with E-state index in [2.05, 4.69) is 17.1 Å². The molecule has 2 N–H and O–H groups in total. The lowest BCUT2D eigenvalue weighted by atomic mass is 10.1. The number of rotatable bonds is 6. The summed E-state index contributed by atoms with van der Waals surface area (Å²) in [7, 11) is 0. The van der Waals surface area contributed by atoms with Crippen LogP contribution in [0.25, 0.3) is 0 Å². The molecule has 1 aliphatic carbocycles. The molecule has 0 radical (unpaired) electrons. The lowest BCUT2D eigenvalue weighted by molar-refractivity contribution is -0.0153. The molecule has 0 amide bonds. The van der Waals surface area contributed by atoms with Gasteiger partial charge in [-0.05, 0) is 19.3 Å². The molecule has 0 aromatic heterocycles. The van der Waals surface area contributed by atoms with Gasteiger partial charge in [-0.3, -0.25) is 4.90 Å². The third kappa shape index (κ3) is 3.42. The lowest BCUT2D eigenvalue weighted by Crippen LogP contribution is -2.52. The monoisotopic (exact) mass is 228 g/mol. The van der Waals surface area contributed by atoms with E-state index in [9.17, 15) is 5.11 Å². The number of morpholine rings is 1. The van der Waals surface area contributed by atoms with Gasteiger partial charge in [0, 0.05) is 31.2 Å². The Hall–Kier alpha value is -0.160. The molecule has 0 aromatic carbocycles. The molecule has 1 saturated heterocycles. The molecule has 0 bridgehead atoms. The van der Waals surface area contributed by atoms with E-state index in [1.54, 1.807) is 0 Å². The summed E-state index contributed by atoms with van der Waals surface area (Å²) in [5.74, 6) is 0. The second-order valence-electron chi connectivity index (χ2n) is 4.95. The van der Waals surface area contributed by atoms with E-state index in [4.69, 9.17) is 4.74 Å². The summed E-state index contributed by atoms with van der Waals surface area (Å²) in [6.07, 6.45) is 3.68. The maximum atomic E-state index is 9.37. The van der Waals surface area contributed by atoms with Crippen molar-refractivity contribution in [3.63, 3.8) is 0 Å². The topological polar surface area (TPSA) is 44.7 Å². The van der Waals surface area contributed by atoms with Crippen LogP contribution in [0.4, 0.5) is 0 Å². The van der Waals surface area contributed by atoms with E-state index in [1.807, 2.05) is 0 Å². The highest BCUT2D eigenvalue weighted by molar-refractivity contribution is 4.87. The normalized spacial score (nSPS) is 29.2. The summed E-state index contributed by atoms with van der Waals surface area (Å²) in [4.78, 5) is 2.46. The van der Waals surface area contributed by atoms with Crippen LogP contribution in [0.2, 0.25) is 0 Å². The minimum atomic E-state index is 0.236. The first-order valence-corrected chi connectivity index (χ1v) is 6.52. The Labute approximate surface area is 98.0 Å². The van der Waals surface area contributed by atoms with Crippen LogP contribution in [0.5, 0.6) is 0 Å². The zero-order valence-electron chi connectivity index (χ0n) is 10.2. The van der Waals surface area contributed by atoms with Gasteiger partial charge < -0.3 is 15.2 Å². The van der Waals surface area contributed by atoms with Crippen molar-refractivity contribution in [1.29, 1.82) is 0 Å². The number of ether oxygens (including phenoxy) is 1. The van der Waals surface area contributed by atoms with E-state index < -0.39 is 0 Å². The average Bonchev–Trinajstić information content (AvgIpc) is 3.13. The van der Waals surface area contributed by atoms with Crippen molar-refractivity contribution in [2.75, 3.05) is 32.9 Å². The molecular weight excluding hydrogens is 204 g/mol. The van der Waals surface area contributed by atoms with Gasteiger partial charge in [-0.15, -0.1) is 0 Å². The fourth-order valence-corrected chi connectivity index (χ4v) is 2.34. The minimum absolute atomic E-state index is 0.236.